The highest BCUT2D eigenvalue weighted by Crippen LogP contribution is 2.36. The van der Waals surface area contributed by atoms with Crippen LogP contribution in [0.4, 0.5) is 0 Å². The van der Waals surface area contributed by atoms with E-state index in [1.54, 1.807) is 0 Å². The molecule has 0 spiro atoms. The zero-order chi connectivity index (χ0) is 13.8. The van der Waals surface area contributed by atoms with E-state index in [-0.39, 0.29) is 6.10 Å². The van der Waals surface area contributed by atoms with Gasteiger partial charge in [-0.05, 0) is 63.7 Å². The van der Waals surface area contributed by atoms with Gasteiger partial charge in [-0.15, -0.1) is 0 Å². The maximum Gasteiger partial charge on any atom is 0.241 e. The number of unbranched alkanes of at least 4 members (excludes halogenated alkanes) is 1. The molecule has 0 heterocycles. The summed E-state index contributed by atoms with van der Waals surface area (Å²) >= 11 is 0. The van der Waals surface area contributed by atoms with Crippen molar-refractivity contribution in [2.75, 3.05) is 0 Å². The second-order valence-electron chi connectivity index (χ2n) is 6.51. The van der Waals surface area contributed by atoms with Gasteiger partial charge in [0.25, 0.3) is 0 Å². The summed E-state index contributed by atoms with van der Waals surface area (Å²) in [4.78, 5) is 0. The topological polar surface area (TPSA) is 29.5 Å². The van der Waals surface area contributed by atoms with E-state index in [9.17, 15) is 5.11 Å². The van der Waals surface area contributed by atoms with Gasteiger partial charge in [0, 0.05) is 0 Å². The van der Waals surface area contributed by atoms with Gasteiger partial charge in [-0.1, -0.05) is 19.8 Å². The Morgan fingerprint density at radius 2 is 2.00 bits per heavy atom. The minimum atomic E-state index is -1.56. The summed E-state index contributed by atoms with van der Waals surface area (Å²) in [6.45, 7) is 10.9. The molecular weight excluding hydrogens is 240 g/mol. The molecule has 0 unspecified atom stereocenters. The van der Waals surface area contributed by atoms with Crippen molar-refractivity contribution in [2.24, 2.45) is 5.92 Å². The molecule has 2 nitrogen and oxygen atoms in total. The maximum atomic E-state index is 10.3. The number of aliphatic hydroxyl groups excluding tert-OH is 1. The lowest BCUT2D eigenvalue weighted by molar-refractivity contribution is 0.148. The fourth-order valence-corrected chi connectivity index (χ4v) is 3.97. The van der Waals surface area contributed by atoms with E-state index in [2.05, 4.69) is 33.5 Å². The zero-order valence-electron chi connectivity index (χ0n) is 12.8. The lowest BCUT2D eigenvalue weighted by Crippen LogP contribution is -2.30. The summed E-state index contributed by atoms with van der Waals surface area (Å²) in [5.74, 6) is 1.56. The van der Waals surface area contributed by atoms with Gasteiger partial charge in [-0.3, -0.25) is 0 Å². The van der Waals surface area contributed by atoms with E-state index in [4.69, 9.17) is 4.43 Å². The Morgan fingerprint density at radius 1 is 1.33 bits per heavy atom. The summed E-state index contributed by atoms with van der Waals surface area (Å²) < 4.78 is 6.12. The molecule has 1 aliphatic carbocycles. The van der Waals surface area contributed by atoms with Crippen molar-refractivity contribution in [3.8, 4) is 0 Å². The highest BCUT2D eigenvalue weighted by atomic mass is 28.4. The van der Waals surface area contributed by atoms with Crippen LogP contribution in [0.3, 0.4) is 0 Å². The predicted molar refractivity (Wildman–Crippen MR) is 80.0 cm³/mol. The Morgan fingerprint density at radius 3 is 2.56 bits per heavy atom. The first kappa shape index (κ1) is 15.8. The van der Waals surface area contributed by atoms with Crippen molar-refractivity contribution in [1.82, 2.24) is 0 Å². The summed E-state index contributed by atoms with van der Waals surface area (Å²) in [6.07, 6.45) is 6.70. The fraction of sp³-hybridized carbons (Fsp3) is 0.867. The van der Waals surface area contributed by atoms with Crippen LogP contribution in [0, 0.1) is 5.92 Å². The van der Waals surface area contributed by atoms with Gasteiger partial charge in [0.2, 0.25) is 8.32 Å². The molecule has 0 amide bonds. The van der Waals surface area contributed by atoms with Crippen LogP contribution >= 0.6 is 0 Å². The van der Waals surface area contributed by atoms with Gasteiger partial charge in [0.05, 0.1) is 11.9 Å². The number of allylic oxidation sites excluding steroid dienone is 1. The molecule has 106 valence electrons. The van der Waals surface area contributed by atoms with Crippen molar-refractivity contribution >= 4 is 8.32 Å². The maximum absolute atomic E-state index is 10.3. The van der Waals surface area contributed by atoms with Gasteiger partial charge >= 0.3 is 0 Å². The Bertz CT molecular complexity index is 291. The summed E-state index contributed by atoms with van der Waals surface area (Å²) in [5, 5.41) is 10.3. The monoisotopic (exact) mass is 270 g/mol. The van der Waals surface area contributed by atoms with E-state index in [1.165, 1.54) is 31.3 Å². The second kappa shape index (κ2) is 6.76. The van der Waals surface area contributed by atoms with Gasteiger partial charge in [0.15, 0.2) is 0 Å². The zero-order valence-corrected chi connectivity index (χ0v) is 13.8. The van der Waals surface area contributed by atoms with Crippen LogP contribution in [-0.2, 0) is 4.43 Å². The molecule has 0 aromatic heterocycles. The minimum Gasteiger partial charge on any atom is -0.547 e. The smallest absolute Gasteiger partial charge is 0.241 e. The molecule has 1 N–H and O–H groups in total. The molecule has 18 heavy (non-hydrogen) atoms. The average Bonchev–Trinajstić information content (AvgIpc) is 2.23. The van der Waals surface area contributed by atoms with Crippen molar-refractivity contribution in [3.05, 3.63) is 11.3 Å². The standard InChI is InChI=1S/C15H30O2Si/c1-6-7-9-13-10-8-11-14(16)15(13)12(2)17-18(3,4)5/h13-14,16H,6-11H2,1-5H3/b15-12+/t13-,14-/m0/s1. The average molecular weight is 270 g/mol. The second-order valence-corrected chi connectivity index (χ2v) is 10.9. The SMILES string of the molecule is CCCC[C@H]1CCC[C@H](O)/C1=C(\C)O[Si](C)(C)C. The van der Waals surface area contributed by atoms with Gasteiger partial charge in [-0.25, -0.2) is 0 Å². The molecule has 0 aromatic rings. The van der Waals surface area contributed by atoms with Gasteiger partial charge in [0.1, 0.15) is 0 Å². The Balaban J connectivity index is 2.85. The quantitative estimate of drug-likeness (QED) is 0.590. The van der Waals surface area contributed by atoms with Crippen LogP contribution < -0.4 is 0 Å². The van der Waals surface area contributed by atoms with Crippen LogP contribution in [0.2, 0.25) is 19.6 Å². The van der Waals surface area contributed by atoms with E-state index in [0.717, 1.165) is 18.6 Å². The van der Waals surface area contributed by atoms with E-state index >= 15 is 0 Å². The normalized spacial score (nSPS) is 28.1. The molecular formula is C15H30O2Si. The van der Waals surface area contributed by atoms with Crippen molar-refractivity contribution in [2.45, 2.75) is 78.1 Å². The van der Waals surface area contributed by atoms with Crippen molar-refractivity contribution in [1.29, 1.82) is 0 Å². The van der Waals surface area contributed by atoms with Crippen molar-refractivity contribution < 1.29 is 9.53 Å². The van der Waals surface area contributed by atoms with E-state index in [1.807, 2.05) is 0 Å². The van der Waals surface area contributed by atoms with Crippen LogP contribution in [-0.4, -0.2) is 19.5 Å². The fourth-order valence-electron chi connectivity index (χ4n) is 2.93. The molecule has 1 aliphatic rings. The van der Waals surface area contributed by atoms with Crippen LogP contribution in [0.15, 0.2) is 11.3 Å². The largest absolute Gasteiger partial charge is 0.547 e. The first-order valence-electron chi connectivity index (χ1n) is 7.43. The third kappa shape index (κ3) is 4.77. The van der Waals surface area contributed by atoms with E-state index in [0.29, 0.717) is 5.92 Å². The Labute approximate surface area is 114 Å². The Hall–Kier alpha value is -0.283. The third-order valence-corrected chi connectivity index (χ3v) is 4.52. The lowest BCUT2D eigenvalue weighted by Gasteiger charge is -2.33. The third-order valence-electron chi connectivity index (χ3n) is 3.60. The Kier molecular flexibility index (Phi) is 5.92. The van der Waals surface area contributed by atoms with Gasteiger partial charge in [-0.2, -0.15) is 0 Å². The molecule has 0 saturated heterocycles. The first-order chi connectivity index (χ1) is 8.35. The van der Waals surface area contributed by atoms with Crippen LogP contribution in [0.1, 0.15) is 52.4 Å². The van der Waals surface area contributed by atoms with Crippen LogP contribution in [0.25, 0.3) is 0 Å². The predicted octanol–water partition coefficient (Wildman–Crippen LogP) is 4.46. The molecule has 2 atom stereocenters. The lowest BCUT2D eigenvalue weighted by atomic mass is 9.79. The number of aliphatic hydroxyl groups is 1. The minimum absolute atomic E-state index is 0.267. The summed E-state index contributed by atoms with van der Waals surface area (Å²) in [6, 6.07) is 0. The molecule has 0 aliphatic heterocycles. The molecule has 0 bridgehead atoms. The van der Waals surface area contributed by atoms with E-state index < -0.39 is 8.32 Å². The summed E-state index contributed by atoms with van der Waals surface area (Å²) in [5.41, 5.74) is 1.21. The highest BCUT2D eigenvalue weighted by Gasteiger charge is 2.29. The van der Waals surface area contributed by atoms with Crippen molar-refractivity contribution in [3.63, 3.8) is 0 Å². The number of rotatable bonds is 5. The van der Waals surface area contributed by atoms with Crippen LogP contribution in [0.5, 0.6) is 0 Å². The summed E-state index contributed by atoms with van der Waals surface area (Å²) in [7, 11) is -1.56. The molecule has 3 heteroatoms. The molecule has 0 aromatic carbocycles. The molecule has 1 rings (SSSR count). The number of hydrogen-bond donors (Lipinski definition) is 1. The highest BCUT2D eigenvalue weighted by molar-refractivity contribution is 6.70. The molecule has 1 saturated carbocycles. The molecule has 0 radical (unpaired) electrons. The number of hydrogen-bond acceptors (Lipinski definition) is 2. The van der Waals surface area contributed by atoms with Gasteiger partial charge < -0.3 is 9.53 Å². The molecule has 1 fully saturated rings. The first-order valence-corrected chi connectivity index (χ1v) is 10.8.